The fourth-order valence-electron chi connectivity index (χ4n) is 0.529. The molecule has 0 aromatic rings. The van der Waals surface area contributed by atoms with Crippen LogP contribution in [0.4, 0.5) is 0 Å². The molecule has 0 radical (unpaired) electrons. The first kappa shape index (κ1) is 22.5. The van der Waals surface area contributed by atoms with Gasteiger partial charge < -0.3 is 12.5 Å². The molecule has 0 saturated carbocycles. The molecule has 3 heteroatoms. The summed E-state index contributed by atoms with van der Waals surface area (Å²) in [5.41, 5.74) is 0. The van der Waals surface area contributed by atoms with E-state index >= 15 is 0 Å². The Morgan fingerprint density at radius 3 is 1.80 bits per heavy atom. The predicted molar refractivity (Wildman–Crippen MR) is 35.4 cm³/mol. The molecule has 0 fully saturated rings. The molecule has 0 aliphatic rings. The third-order valence-corrected chi connectivity index (χ3v) is 0.998. The van der Waals surface area contributed by atoms with Crippen LogP contribution in [0.25, 0.3) is 0 Å². The maximum absolute atomic E-state index is 9.80. The van der Waals surface area contributed by atoms with Gasteiger partial charge in [0.2, 0.25) is 0 Å². The number of hydrogen-bond acceptors (Lipinski definition) is 1. The van der Waals surface area contributed by atoms with Gasteiger partial charge in [0.15, 0.2) is 0 Å². The molecule has 10 heavy (non-hydrogen) atoms. The standard InChI is InChI=1S/C6H13O.CH3.2Li/c1-2-3-4-5-6-7;;;/h2-6H2,1H3;1H3;;/q2*-1;2*+1. The smallest absolute Gasteiger partial charge is 0.854 e. The van der Waals surface area contributed by atoms with E-state index in [1.54, 1.807) is 0 Å². The van der Waals surface area contributed by atoms with Gasteiger partial charge in [0.1, 0.15) is 0 Å². The van der Waals surface area contributed by atoms with Crippen molar-refractivity contribution in [3.63, 3.8) is 0 Å². The van der Waals surface area contributed by atoms with Crippen LogP contribution in [0.15, 0.2) is 0 Å². The molecule has 0 N–H and O–H groups in total. The van der Waals surface area contributed by atoms with Gasteiger partial charge >= 0.3 is 37.7 Å². The van der Waals surface area contributed by atoms with Crippen LogP contribution in [0.1, 0.15) is 32.6 Å². The Morgan fingerprint density at radius 1 is 1.00 bits per heavy atom. The fraction of sp³-hybridized carbons (Fsp3) is 0.857. The average Bonchev–Trinajstić information content (AvgIpc) is 1.69. The molecule has 52 valence electrons. The average molecular weight is 130 g/mol. The Balaban J connectivity index is -0.0000000600. The Hall–Kier alpha value is 1.15. The predicted octanol–water partition coefficient (Wildman–Crippen LogP) is -4.61. The van der Waals surface area contributed by atoms with E-state index in [1.165, 1.54) is 12.8 Å². The van der Waals surface area contributed by atoms with Crippen LogP contribution in [0.2, 0.25) is 0 Å². The SMILES string of the molecule is CCCCCC[O-].[CH3-].[Li+].[Li+]. The quantitative estimate of drug-likeness (QED) is 0.213. The largest absolute Gasteiger partial charge is 1.00 e. The van der Waals surface area contributed by atoms with Gasteiger partial charge in [0, 0.05) is 0 Å². The molecule has 0 aliphatic heterocycles. The van der Waals surface area contributed by atoms with Crippen LogP contribution in [0.5, 0.6) is 0 Å². The summed E-state index contributed by atoms with van der Waals surface area (Å²) in [7, 11) is 0. The zero-order valence-corrected chi connectivity index (χ0v) is 7.94. The van der Waals surface area contributed by atoms with Crippen molar-refractivity contribution in [2.75, 3.05) is 6.61 Å². The molecule has 0 rings (SSSR count). The van der Waals surface area contributed by atoms with Crippen LogP contribution >= 0.6 is 0 Å². The molecule has 0 bridgehead atoms. The Bertz CT molecular complexity index is 30.8. The zero-order chi connectivity index (χ0) is 5.54. The van der Waals surface area contributed by atoms with E-state index in [0.29, 0.717) is 0 Å². The van der Waals surface area contributed by atoms with E-state index in [0.717, 1.165) is 12.8 Å². The molecular formula is C7H16Li2O. The third kappa shape index (κ3) is 22.9. The van der Waals surface area contributed by atoms with E-state index in [4.69, 9.17) is 0 Å². The van der Waals surface area contributed by atoms with Crippen molar-refractivity contribution in [3.05, 3.63) is 7.43 Å². The topological polar surface area (TPSA) is 23.1 Å². The molecule has 1 nitrogen and oxygen atoms in total. The van der Waals surface area contributed by atoms with Crippen molar-refractivity contribution >= 4 is 0 Å². The van der Waals surface area contributed by atoms with Crippen molar-refractivity contribution in [1.82, 2.24) is 0 Å². The van der Waals surface area contributed by atoms with Gasteiger partial charge in [-0.1, -0.05) is 32.6 Å². The minimum atomic E-state index is 0. The van der Waals surface area contributed by atoms with Crippen molar-refractivity contribution in [2.24, 2.45) is 0 Å². The first-order valence-corrected chi connectivity index (χ1v) is 3.00. The van der Waals surface area contributed by atoms with Crippen molar-refractivity contribution < 1.29 is 42.8 Å². The van der Waals surface area contributed by atoms with Crippen molar-refractivity contribution in [1.29, 1.82) is 0 Å². The van der Waals surface area contributed by atoms with Gasteiger partial charge in [-0.05, 0) is 0 Å². The van der Waals surface area contributed by atoms with E-state index < -0.39 is 0 Å². The molecular weight excluding hydrogens is 114 g/mol. The molecule has 0 aromatic heterocycles. The monoisotopic (exact) mass is 130 g/mol. The summed E-state index contributed by atoms with van der Waals surface area (Å²) in [6.07, 6.45) is 4.44. The minimum absolute atomic E-state index is 0. The van der Waals surface area contributed by atoms with Crippen LogP contribution in [0, 0.1) is 7.43 Å². The molecule has 0 aliphatic carbocycles. The molecule has 0 spiro atoms. The molecule has 0 aromatic carbocycles. The van der Waals surface area contributed by atoms with Gasteiger partial charge in [-0.15, -0.1) is 6.61 Å². The normalized spacial score (nSPS) is 6.60. The second-order valence-corrected chi connectivity index (χ2v) is 1.76. The summed E-state index contributed by atoms with van der Waals surface area (Å²) < 4.78 is 0. The zero-order valence-electron chi connectivity index (χ0n) is 7.94. The van der Waals surface area contributed by atoms with Crippen LogP contribution in [0.3, 0.4) is 0 Å². The van der Waals surface area contributed by atoms with E-state index in [9.17, 15) is 5.11 Å². The van der Waals surface area contributed by atoms with Crippen molar-refractivity contribution in [3.8, 4) is 0 Å². The van der Waals surface area contributed by atoms with Gasteiger partial charge in [-0.3, -0.25) is 0 Å². The summed E-state index contributed by atoms with van der Waals surface area (Å²) >= 11 is 0. The molecule has 0 amide bonds. The number of hydrogen-bond donors (Lipinski definition) is 0. The van der Waals surface area contributed by atoms with Gasteiger partial charge in [-0.25, -0.2) is 0 Å². The number of rotatable bonds is 4. The van der Waals surface area contributed by atoms with Crippen molar-refractivity contribution in [2.45, 2.75) is 32.6 Å². The summed E-state index contributed by atoms with van der Waals surface area (Å²) in [5.74, 6) is 0. The summed E-state index contributed by atoms with van der Waals surface area (Å²) in [6, 6.07) is 0. The summed E-state index contributed by atoms with van der Waals surface area (Å²) in [6.45, 7) is 2.25. The second kappa shape index (κ2) is 22.5. The fourth-order valence-corrected chi connectivity index (χ4v) is 0.529. The minimum Gasteiger partial charge on any atom is -0.854 e. The molecule has 0 atom stereocenters. The van der Waals surface area contributed by atoms with E-state index in [2.05, 4.69) is 6.92 Å². The molecule has 0 saturated heterocycles. The van der Waals surface area contributed by atoms with Gasteiger partial charge in [0.05, 0.1) is 0 Å². The Morgan fingerprint density at radius 2 is 1.50 bits per heavy atom. The summed E-state index contributed by atoms with van der Waals surface area (Å²) in [4.78, 5) is 0. The van der Waals surface area contributed by atoms with Crippen LogP contribution in [-0.4, -0.2) is 6.61 Å². The third-order valence-electron chi connectivity index (χ3n) is 0.998. The van der Waals surface area contributed by atoms with E-state index in [-0.39, 0.29) is 51.8 Å². The molecule has 0 heterocycles. The second-order valence-electron chi connectivity index (χ2n) is 1.76. The first-order valence-electron chi connectivity index (χ1n) is 3.00. The first-order chi connectivity index (χ1) is 3.41. The van der Waals surface area contributed by atoms with Gasteiger partial charge in [-0.2, -0.15) is 0 Å². The number of unbranched alkanes of at least 4 members (excludes halogenated alkanes) is 3. The van der Waals surface area contributed by atoms with E-state index in [1.807, 2.05) is 0 Å². The maximum Gasteiger partial charge on any atom is 1.00 e. The Kier molecular flexibility index (Phi) is 50.5. The summed E-state index contributed by atoms with van der Waals surface area (Å²) in [5, 5.41) is 9.80. The Labute approximate surface area is 89.3 Å². The maximum atomic E-state index is 9.80. The molecule has 0 unspecified atom stereocenters. The van der Waals surface area contributed by atoms with Gasteiger partial charge in [0.25, 0.3) is 0 Å². The van der Waals surface area contributed by atoms with Crippen LogP contribution in [-0.2, 0) is 0 Å². The van der Waals surface area contributed by atoms with Crippen LogP contribution < -0.4 is 42.8 Å².